The standard InChI is InChI=1S/C14H22O4/c1-3-4-5-6-7-8-9-11-10-14(11,12(15)16)13(17)18-2/h10H,3-9H2,1-2H3,(H,15,16). The number of unbranched alkanes of at least 4 members (excludes halogenated alkanes) is 5. The van der Waals surface area contributed by atoms with Crippen LogP contribution in [0.15, 0.2) is 11.6 Å². The number of carboxylic acid groups (broad SMARTS) is 1. The highest BCUT2D eigenvalue weighted by Gasteiger charge is 2.58. The number of carbonyl (C=O) groups excluding carboxylic acids is 1. The van der Waals surface area contributed by atoms with Gasteiger partial charge in [0.05, 0.1) is 7.11 Å². The van der Waals surface area contributed by atoms with E-state index in [1.807, 2.05) is 0 Å². The van der Waals surface area contributed by atoms with Crippen LogP contribution < -0.4 is 0 Å². The molecule has 4 heteroatoms. The van der Waals surface area contributed by atoms with Crippen molar-refractivity contribution in [2.45, 2.75) is 51.9 Å². The lowest BCUT2D eigenvalue weighted by molar-refractivity contribution is -0.157. The van der Waals surface area contributed by atoms with E-state index >= 15 is 0 Å². The van der Waals surface area contributed by atoms with E-state index in [1.54, 1.807) is 0 Å². The SMILES string of the molecule is CCCCCCCCC1=CC1(C(=O)O)C(=O)OC. The van der Waals surface area contributed by atoms with Crippen molar-refractivity contribution in [1.29, 1.82) is 0 Å². The number of carboxylic acids is 1. The van der Waals surface area contributed by atoms with Crippen LogP contribution in [0.25, 0.3) is 0 Å². The molecule has 0 aromatic rings. The van der Waals surface area contributed by atoms with Crippen LogP contribution in [0.5, 0.6) is 0 Å². The van der Waals surface area contributed by atoms with Gasteiger partial charge in [-0.25, -0.2) is 0 Å². The Bertz CT molecular complexity index is 346. The van der Waals surface area contributed by atoms with E-state index in [-0.39, 0.29) is 0 Å². The third-order valence-corrected chi connectivity index (χ3v) is 3.46. The van der Waals surface area contributed by atoms with E-state index in [9.17, 15) is 9.59 Å². The summed E-state index contributed by atoms with van der Waals surface area (Å²) >= 11 is 0. The van der Waals surface area contributed by atoms with Crippen molar-refractivity contribution in [3.8, 4) is 0 Å². The second-order valence-corrected chi connectivity index (χ2v) is 4.79. The van der Waals surface area contributed by atoms with Gasteiger partial charge in [0, 0.05) is 0 Å². The number of hydrogen-bond donors (Lipinski definition) is 1. The van der Waals surface area contributed by atoms with Crippen LogP contribution in [0.4, 0.5) is 0 Å². The van der Waals surface area contributed by atoms with Crippen molar-refractivity contribution in [3.63, 3.8) is 0 Å². The zero-order chi connectivity index (χ0) is 13.6. The van der Waals surface area contributed by atoms with Crippen molar-refractivity contribution in [1.82, 2.24) is 0 Å². The van der Waals surface area contributed by atoms with E-state index in [0.29, 0.717) is 12.0 Å². The maximum absolute atomic E-state index is 11.5. The lowest BCUT2D eigenvalue weighted by Crippen LogP contribution is -2.30. The number of aliphatic carboxylic acids is 1. The van der Waals surface area contributed by atoms with Crippen LogP contribution in [0, 0.1) is 5.41 Å². The summed E-state index contributed by atoms with van der Waals surface area (Å²) in [4.78, 5) is 22.6. The summed E-state index contributed by atoms with van der Waals surface area (Å²) in [5.41, 5.74) is -0.727. The summed E-state index contributed by atoms with van der Waals surface area (Å²) in [6.45, 7) is 2.17. The van der Waals surface area contributed by atoms with Crippen LogP contribution in [-0.4, -0.2) is 24.2 Å². The van der Waals surface area contributed by atoms with Crippen LogP contribution in [0.3, 0.4) is 0 Å². The Kier molecular flexibility index (Phi) is 5.38. The lowest BCUT2D eigenvalue weighted by atomic mass is 9.97. The number of esters is 1. The Morgan fingerprint density at radius 2 is 1.83 bits per heavy atom. The van der Waals surface area contributed by atoms with Crippen LogP contribution in [0.2, 0.25) is 0 Å². The first-order chi connectivity index (χ1) is 8.59. The molecule has 1 aliphatic carbocycles. The molecule has 18 heavy (non-hydrogen) atoms. The Morgan fingerprint density at radius 3 is 2.39 bits per heavy atom. The molecule has 4 nitrogen and oxygen atoms in total. The minimum absolute atomic E-state index is 0.670. The third kappa shape index (κ3) is 3.12. The zero-order valence-electron chi connectivity index (χ0n) is 11.2. The van der Waals surface area contributed by atoms with Crippen molar-refractivity contribution < 1.29 is 19.4 Å². The molecule has 1 atom stereocenters. The topological polar surface area (TPSA) is 63.6 Å². The lowest BCUT2D eigenvalue weighted by Gasteiger charge is -2.10. The second kappa shape index (κ2) is 6.57. The van der Waals surface area contributed by atoms with Gasteiger partial charge in [-0.05, 0) is 18.4 Å². The van der Waals surface area contributed by atoms with Gasteiger partial charge in [-0.3, -0.25) is 9.59 Å². The van der Waals surface area contributed by atoms with Gasteiger partial charge in [-0.1, -0.05) is 45.1 Å². The highest BCUT2D eigenvalue weighted by atomic mass is 16.5. The van der Waals surface area contributed by atoms with Crippen molar-refractivity contribution >= 4 is 11.9 Å². The van der Waals surface area contributed by atoms with E-state index in [1.165, 1.54) is 38.9 Å². The quantitative estimate of drug-likeness (QED) is 0.297. The van der Waals surface area contributed by atoms with Crippen molar-refractivity contribution in [2.75, 3.05) is 7.11 Å². The fourth-order valence-corrected chi connectivity index (χ4v) is 2.23. The largest absolute Gasteiger partial charge is 0.480 e. The molecule has 1 N–H and O–H groups in total. The summed E-state index contributed by atoms with van der Waals surface area (Å²) in [5.74, 6) is -1.79. The predicted molar refractivity (Wildman–Crippen MR) is 68.2 cm³/mol. The third-order valence-electron chi connectivity index (χ3n) is 3.46. The Hall–Kier alpha value is -1.32. The number of carbonyl (C=O) groups is 2. The average Bonchev–Trinajstić information content (AvgIpc) is 3.08. The highest BCUT2D eigenvalue weighted by molar-refractivity contribution is 6.10. The van der Waals surface area contributed by atoms with E-state index in [2.05, 4.69) is 11.7 Å². The maximum Gasteiger partial charge on any atom is 0.331 e. The molecule has 0 aliphatic heterocycles. The first-order valence-electron chi connectivity index (χ1n) is 6.63. The van der Waals surface area contributed by atoms with Gasteiger partial charge in [0.25, 0.3) is 0 Å². The average molecular weight is 254 g/mol. The summed E-state index contributed by atoms with van der Waals surface area (Å²) in [7, 11) is 1.22. The van der Waals surface area contributed by atoms with Gasteiger partial charge < -0.3 is 9.84 Å². The highest BCUT2D eigenvalue weighted by Crippen LogP contribution is 2.48. The molecule has 0 saturated heterocycles. The molecule has 0 amide bonds. The maximum atomic E-state index is 11.5. The van der Waals surface area contributed by atoms with Crippen LogP contribution >= 0.6 is 0 Å². The molecule has 0 radical (unpaired) electrons. The Balaban J connectivity index is 2.27. The van der Waals surface area contributed by atoms with Gasteiger partial charge in [0.2, 0.25) is 5.41 Å². The molecular formula is C14H22O4. The smallest absolute Gasteiger partial charge is 0.331 e. The van der Waals surface area contributed by atoms with Gasteiger partial charge in [-0.15, -0.1) is 0 Å². The van der Waals surface area contributed by atoms with Gasteiger partial charge in [0.15, 0.2) is 0 Å². The molecule has 0 aromatic heterocycles. The summed E-state index contributed by atoms with van der Waals surface area (Å²) < 4.78 is 4.56. The Labute approximate surface area is 108 Å². The van der Waals surface area contributed by atoms with E-state index in [0.717, 1.165) is 12.8 Å². The number of ether oxygens (including phenoxy) is 1. The molecule has 1 unspecified atom stereocenters. The predicted octanol–water partition coefficient (Wildman–Crippen LogP) is 2.92. The fourth-order valence-electron chi connectivity index (χ4n) is 2.23. The van der Waals surface area contributed by atoms with Gasteiger partial charge in [0.1, 0.15) is 0 Å². The summed E-state index contributed by atoms with van der Waals surface area (Å²) in [6, 6.07) is 0. The van der Waals surface area contributed by atoms with Gasteiger partial charge in [-0.2, -0.15) is 0 Å². The molecule has 1 aliphatic rings. The summed E-state index contributed by atoms with van der Waals surface area (Å²) in [6.07, 6.45) is 9.13. The monoisotopic (exact) mass is 254 g/mol. The van der Waals surface area contributed by atoms with Crippen LogP contribution in [-0.2, 0) is 14.3 Å². The number of rotatable bonds is 9. The molecule has 0 spiro atoms. The van der Waals surface area contributed by atoms with Crippen LogP contribution in [0.1, 0.15) is 51.9 Å². The molecular weight excluding hydrogens is 232 g/mol. The normalized spacial score (nSPS) is 21.3. The molecule has 0 fully saturated rings. The first-order valence-corrected chi connectivity index (χ1v) is 6.63. The Morgan fingerprint density at radius 1 is 1.22 bits per heavy atom. The molecule has 1 rings (SSSR count). The second-order valence-electron chi connectivity index (χ2n) is 4.79. The zero-order valence-corrected chi connectivity index (χ0v) is 11.2. The number of hydrogen-bond acceptors (Lipinski definition) is 3. The minimum atomic E-state index is -1.43. The number of methoxy groups -OCH3 is 1. The van der Waals surface area contributed by atoms with Gasteiger partial charge >= 0.3 is 11.9 Å². The molecule has 0 saturated carbocycles. The minimum Gasteiger partial charge on any atom is -0.480 e. The summed E-state index contributed by atoms with van der Waals surface area (Å²) in [5, 5.41) is 9.10. The van der Waals surface area contributed by atoms with E-state index in [4.69, 9.17) is 5.11 Å². The fraction of sp³-hybridized carbons (Fsp3) is 0.714. The molecule has 0 heterocycles. The molecule has 0 aromatic carbocycles. The van der Waals surface area contributed by atoms with Crippen molar-refractivity contribution in [2.24, 2.45) is 5.41 Å². The first kappa shape index (κ1) is 14.7. The molecule has 102 valence electrons. The van der Waals surface area contributed by atoms with Crippen molar-refractivity contribution in [3.05, 3.63) is 11.6 Å². The van der Waals surface area contributed by atoms with E-state index < -0.39 is 17.4 Å². The molecule has 0 bridgehead atoms.